The molecule has 43 heavy (non-hydrogen) atoms. The van der Waals surface area contributed by atoms with Crippen LogP contribution in [0.5, 0.6) is 0 Å². The van der Waals surface area contributed by atoms with E-state index in [1.165, 1.54) is 33.8 Å². The van der Waals surface area contributed by atoms with Gasteiger partial charge in [-0.25, -0.2) is 4.79 Å². The van der Waals surface area contributed by atoms with Gasteiger partial charge < -0.3 is 33.9 Å². The van der Waals surface area contributed by atoms with Gasteiger partial charge in [-0.15, -0.1) is 0 Å². The fraction of sp³-hybridized carbons (Fsp3) is 0.750. The lowest BCUT2D eigenvalue weighted by atomic mass is 9.55. The van der Waals surface area contributed by atoms with Crippen molar-refractivity contribution in [3.8, 4) is 0 Å². The minimum Gasteiger partial charge on any atom is -0.461 e. The molecule has 1 spiro atoms. The molecule has 11 nitrogen and oxygen atoms in total. The third-order valence-corrected chi connectivity index (χ3v) is 9.79. The summed E-state index contributed by atoms with van der Waals surface area (Å²) >= 11 is 0. The standard InChI is InChI=1S/C32H46O11/c1-8-9-10-11-12-13-25(36)41-21-17-23(39-19(3)33)29(5)15-14-22(35)30(6,38)26(29)27(40-20(4)34)32-24(16-18(21)2)42-28(37)31(32,7)43-32/h14-16,21-24,26-27,35,38H,8-13,17H2,1-7H3/b18-16-/t21?,22-,23+,24+,26+,27?,29-,30-,31+,32+/m1/s1. The molecule has 2 saturated heterocycles. The Balaban J connectivity index is 1.85. The van der Waals surface area contributed by atoms with E-state index in [1.54, 1.807) is 26.0 Å². The lowest BCUT2D eigenvalue weighted by Gasteiger charge is -2.54. The van der Waals surface area contributed by atoms with Gasteiger partial charge in [-0.3, -0.25) is 14.4 Å². The van der Waals surface area contributed by atoms with Crippen molar-refractivity contribution < 1.29 is 53.1 Å². The van der Waals surface area contributed by atoms with Crippen LogP contribution in [0.25, 0.3) is 0 Å². The number of carbonyl (C=O) groups is 4. The predicted molar refractivity (Wildman–Crippen MR) is 152 cm³/mol. The Bertz CT molecular complexity index is 1190. The number of carbonyl (C=O) groups excluding carboxylic acids is 4. The summed E-state index contributed by atoms with van der Waals surface area (Å²) in [6, 6.07) is 0. The van der Waals surface area contributed by atoms with E-state index in [0.29, 0.717) is 12.0 Å². The molecule has 0 amide bonds. The van der Waals surface area contributed by atoms with Gasteiger partial charge in [0.2, 0.25) is 0 Å². The molecule has 2 aliphatic heterocycles. The molecule has 2 N–H and O–H groups in total. The van der Waals surface area contributed by atoms with Crippen LogP contribution >= 0.6 is 0 Å². The Hall–Kier alpha value is -2.76. The van der Waals surface area contributed by atoms with Crippen molar-refractivity contribution in [1.82, 2.24) is 0 Å². The number of aliphatic hydroxyl groups is 2. The van der Waals surface area contributed by atoms with E-state index in [0.717, 1.165) is 25.7 Å². The third-order valence-electron chi connectivity index (χ3n) is 9.79. The molecule has 0 aromatic heterocycles. The average molecular weight is 607 g/mol. The fourth-order valence-corrected chi connectivity index (χ4v) is 7.33. The lowest BCUT2D eigenvalue weighted by molar-refractivity contribution is -0.215. The minimum absolute atomic E-state index is 0.00835. The molecule has 11 heteroatoms. The van der Waals surface area contributed by atoms with E-state index in [-0.39, 0.29) is 12.8 Å². The normalized spacial score (nSPS) is 42.7. The highest BCUT2D eigenvalue weighted by Gasteiger charge is 2.87. The molecule has 2 heterocycles. The summed E-state index contributed by atoms with van der Waals surface area (Å²) in [6.45, 7) is 10.9. The quantitative estimate of drug-likeness (QED) is 0.130. The zero-order valence-electron chi connectivity index (χ0n) is 26.2. The first-order valence-electron chi connectivity index (χ1n) is 15.3. The van der Waals surface area contributed by atoms with Gasteiger partial charge in [-0.2, -0.15) is 0 Å². The zero-order valence-corrected chi connectivity index (χ0v) is 26.2. The van der Waals surface area contributed by atoms with Crippen LogP contribution in [0.4, 0.5) is 0 Å². The SMILES string of the molecule is CCCCCCCC(=O)OC1C[C@H](OC(C)=O)[C@@]2(C)C=C[C@@H](O)[C@@](C)(O)[C@H]2C(OC(C)=O)[C@]23O[C@@]2(C)C(=O)O[C@H]3/C=C\1C. The maximum atomic E-state index is 13.2. The lowest BCUT2D eigenvalue weighted by Crippen LogP contribution is -2.67. The van der Waals surface area contributed by atoms with Crippen LogP contribution in [0, 0.1) is 11.3 Å². The number of unbranched alkanes of at least 4 members (excludes halogenated alkanes) is 4. The maximum Gasteiger partial charge on any atom is 0.342 e. The summed E-state index contributed by atoms with van der Waals surface area (Å²) in [5, 5.41) is 22.9. The number of esters is 4. The van der Waals surface area contributed by atoms with Crippen LogP contribution in [-0.2, 0) is 42.9 Å². The third kappa shape index (κ3) is 5.76. The highest BCUT2D eigenvalue weighted by Crippen LogP contribution is 2.65. The van der Waals surface area contributed by atoms with Gasteiger partial charge in [0, 0.05) is 38.0 Å². The summed E-state index contributed by atoms with van der Waals surface area (Å²) in [4.78, 5) is 51.3. The van der Waals surface area contributed by atoms with Crippen molar-refractivity contribution in [3.05, 3.63) is 23.8 Å². The number of ether oxygens (including phenoxy) is 5. The second-order valence-electron chi connectivity index (χ2n) is 13.0. The summed E-state index contributed by atoms with van der Waals surface area (Å²) in [5.74, 6) is -3.59. The van der Waals surface area contributed by atoms with E-state index < -0.39 is 82.5 Å². The highest BCUT2D eigenvalue weighted by molar-refractivity contribution is 5.89. The molecule has 2 fully saturated rings. The molecule has 0 aromatic carbocycles. The van der Waals surface area contributed by atoms with E-state index in [2.05, 4.69) is 6.92 Å². The largest absolute Gasteiger partial charge is 0.461 e. The van der Waals surface area contributed by atoms with Crippen molar-refractivity contribution in [2.75, 3.05) is 0 Å². The Morgan fingerprint density at radius 1 is 1.02 bits per heavy atom. The molecule has 0 saturated carbocycles. The molecule has 2 aliphatic carbocycles. The molecular formula is C32H46O11. The minimum atomic E-state index is -1.96. The summed E-state index contributed by atoms with van der Waals surface area (Å²) in [5.41, 5.74) is -5.84. The molecule has 0 bridgehead atoms. The molecule has 10 atom stereocenters. The summed E-state index contributed by atoms with van der Waals surface area (Å²) in [6.07, 6.45) is 3.91. The topological polar surface area (TPSA) is 158 Å². The monoisotopic (exact) mass is 606 g/mol. The predicted octanol–water partition coefficient (Wildman–Crippen LogP) is 3.23. The van der Waals surface area contributed by atoms with Crippen molar-refractivity contribution in [1.29, 1.82) is 0 Å². The first-order valence-corrected chi connectivity index (χ1v) is 15.3. The van der Waals surface area contributed by atoms with Crippen LogP contribution in [0.15, 0.2) is 23.8 Å². The van der Waals surface area contributed by atoms with Gasteiger partial charge in [0.05, 0.1) is 5.60 Å². The number of hydrogen-bond donors (Lipinski definition) is 2. The Morgan fingerprint density at radius 3 is 2.28 bits per heavy atom. The van der Waals surface area contributed by atoms with Crippen LogP contribution in [-0.4, -0.2) is 81.4 Å². The van der Waals surface area contributed by atoms with Gasteiger partial charge >= 0.3 is 23.9 Å². The second kappa shape index (κ2) is 12.0. The Kier molecular flexibility index (Phi) is 9.22. The molecule has 2 unspecified atom stereocenters. The molecule has 4 rings (SSSR count). The van der Waals surface area contributed by atoms with Crippen LogP contribution in [0.3, 0.4) is 0 Å². The van der Waals surface area contributed by atoms with E-state index in [4.69, 9.17) is 23.7 Å². The Morgan fingerprint density at radius 2 is 1.67 bits per heavy atom. The van der Waals surface area contributed by atoms with Gasteiger partial charge in [0.1, 0.15) is 24.4 Å². The Labute approximate surface area is 252 Å². The first-order chi connectivity index (χ1) is 20.0. The van der Waals surface area contributed by atoms with E-state index in [9.17, 15) is 29.4 Å². The molecule has 0 radical (unpaired) electrons. The van der Waals surface area contributed by atoms with Crippen molar-refractivity contribution in [2.24, 2.45) is 11.3 Å². The van der Waals surface area contributed by atoms with Crippen molar-refractivity contribution in [3.63, 3.8) is 0 Å². The van der Waals surface area contributed by atoms with Gasteiger partial charge in [-0.05, 0) is 38.8 Å². The maximum absolute atomic E-state index is 13.2. The molecule has 0 aromatic rings. The van der Waals surface area contributed by atoms with E-state index >= 15 is 0 Å². The van der Waals surface area contributed by atoms with Gasteiger partial charge in [0.15, 0.2) is 17.3 Å². The first kappa shape index (κ1) is 33.1. The number of hydrogen-bond acceptors (Lipinski definition) is 11. The van der Waals surface area contributed by atoms with Crippen molar-refractivity contribution in [2.45, 2.75) is 141 Å². The smallest absolute Gasteiger partial charge is 0.342 e. The summed E-state index contributed by atoms with van der Waals surface area (Å²) in [7, 11) is 0. The van der Waals surface area contributed by atoms with E-state index in [1.807, 2.05) is 0 Å². The van der Waals surface area contributed by atoms with Crippen LogP contribution < -0.4 is 0 Å². The zero-order chi connectivity index (χ0) is 32.0. The number of fused-ring (bicyclic) bond motifs is 1. The second-order valence-corrected chi connectivity index (χ2v) is 13.0. The number of aliphatic hydroxyl groups excluding tert-OH is 1. The molecule has 4 aliphatic rings. The molecular weight excluding hydrogens is 560 g/mol. The summed E-state index contributed by atoms with van der Waals surface area (Å²) < 4.78 is 29.7. The van der Waals surface area contributed by atoms with Gasteiger partial charge in [0.25, 0.3) is 0 Å². The average Bonchev–Trinajstić information content (AvgIpc) is 3.49. The number of epoxide rings is 1. The fourth-order valence-electron chi connectivity index (χ4n) is 7.33. The van der Waals surface area contributed by atoms with Gasteiger partial charge in [-0.1, -0.05) is 51.7 Å². The van der Waals surface area contributed by atoms with Crippen molar-refractivity contribution >= 4 is 23.9 Å². The van der Waals surface area contributed by atoms with Crippen LogP contribution in [0.1, 0.15) is 93.4 Å². The van der Waals surface area contributed by atoms with Crippen LogP contribution in [0.2, 0.25) is 0 Å². The number of rotatable bonds is 9. The molecule has 240 valence electrons. The highest BCUT2D eigenvalue weighted by atomic mass is 16.7.